The Balaban J connectivity index is 1.13. The van der Waals surface area contributed by atoms with Crippen LogP contribution in [0.15, 0.2) is 65.6 Å². The minimum atomic E-state index is -3.63. The summed E-state index contributed by atoms with van der Waals surface area (Å²) >= 11 is 6.91. The normalized spacial score (nSPS) is 25.3. The summed E-state index contributed by atoms with van der Waals surface area (Å²) in [5, 5.41) is 7.04. The second-order valence-electron chi connectivity index (χ2n) is 11.1. The van der Waals surface area contributed by atoms with Crippen molar-refractivity contribution in [3.8, 4) is 10.4 Å². The van der Waals surface area contributed by atoms with Crippen LogP contribution in [0.4, 0.5) is 10.7 Å². The maximum Gasteiger partial charge on any atom is 0.340 e. The zero-order valence-electron chi connectivity index (χ0n) is 21.6. The largest absolute Gasteiger partial charge is 0.465 e. The van der Waals surface area contributed by atoms with Crippen molar-refractivity contribution in [3.05, 3.63) is 66.2 Å². The molecule has 4 aliphatic carbocycles. The van der Waals surface area contributed by atoms with E-state index >= 15 is 0 Å². The molecule has 4 bridgehead atoms. The van der Waals surface area contributed by atoms with Crippen LogP contribution in [0.25, 0.3) is 10.4 Å². The quantitative estimate of drug-likeness (QED) is 0.224. The molecule has 3 N–H and O–H groups in total. The third-order valence-corrected chi connectivity index (χ3v) is 11.1. The highest BCUT2D eigenvalue weighted by molar-refractivity contribution is 7.89. The number of hydrogen-bond acceptors (Lipinski definition) is 6. The highest BCUT2D eigenvalue weighted by Gasteiger charge is 2.52. The number of benzene rings is 2. The summed E-state index contributed by atoms with van der Waals surface area (Å²) in [7, 11) is -2.29. The summed E-state index contributed by atoms with van der Waals surface area (Å²) in [6.07, 6.45) is 6.65. The molecule has 0 aliphatic heterocycles. The molecule has 0 unspecified atom stereocenters. The molecule has 0 atom stereocenters. The van der Waals surface area contributed by atoms with E-state index in [9.17, 15) is 13.2 Å². The SMILES string of the molecule is COC(=O)c1cc(-c2ccccc2)sc1NC(=S)Nc1ccc(S(=O)(=O)NC23CC4CC(CC(C4)C2)C3)cc1. The van der Waals surface area contributed by atoms with Crippen LogP contribution in [0.3, 0.4) is 0 Å². The van der Waals surface area contributed by atoms with E-state index in [4.69, 9.17) is 17.0 Å². The lowest BCUT2D eigenvalue weighted by Crippen LogP contribution is -2.59. The number of carbonyl (C=O) groups excluding carboxylic acids is 1. The van der Waals surface area contributed by atoms with Crippen LogP contribution >= 0.6 is 23.6 Å². The fraction of sp³-hybridized carbons (Fsp3) is 0.379. The minimum Gasteiger partial charge on any atom is -0.465 e. The van der Waals surface area contributed by atoms with Crippen molar-refractivity contribution in [2.75, 3.05) is 17.7 Å². The van der Waals surface area contributed by atoms with Crippen LogP contribution < -0.4 is 15.4 Å². The second kappa shape index (κ2) is 10.3. The molecule has 1 heterocycles. The molecule has 204 valence electrons. The summed E-state index contributed by atoms with van der Waals surface area (Å²) in [5.74, 6) is 1.52. The number of thiophene rings is 1. The van der Waals surface area contributed by atoms with E-state index in [1.807, 2.05) is 30.3 Å². The Morgan fingerprint density at radius 2 is 1.56 bits per heavy atom. The zero-order chi connectivity index (χ0) is 27.2. The molecule has 7 nitrogen and oxygen atoms in total. The van der Waals surface area contributed by atoms with Crippen LogP contribution in [0.2, 0.25) is 0 Å². The Kier molecular flexibility index (Phi) is 6.99. The van der Waals surface area contributed by atoms with Gasteiger partial charge in [-0.25, -0.2) is 17.9 Å². The van der Waals surface area contributed by atoms with Gasteiger partial charge in [0.25, 0.3) is 0 Å². The number of nitrogens with one attached hydrogen (secondary N) is 3. The van der Waals surface area contributed by atoms with Crippen molar-refractivity contribution in [1.82, 2.24) is 4.72 Å². The van der Waals surface area contributed by atoms with Crippen molar-refractivity contribution in [3.63, 3.8) is 0 Å². The summed E-state index contributed by atoms with van der Waals surface area (Å²) in [4.78, 5) is 13.6. The fourth-order valence-corrected chi connectivity index (χ4v) is 9.83. The third kappa shape index (κ3) is 5.48. The number of methoxy groups -OCH3 is 1. The topological polar surface area (TPSA) is 96.5 Å². The third-order valence-electron chi connectivity index (χ3n) is 8.23. The van der Waals surface area contributed by atoms with Gasteiger partial charge in [0.2, 0.25) is 10.0 Å². The zero-order valence-corrected chi connectivity index (χ0v) is 24.1. The number of carbonyl (C=O) groups is 1. The standard InChI is InChI=1S/C29H31N3O4S3/c1-36-27(33)24-14-25(21-5-3-2-4-6-21)38-26(24)31-28(37)30-22-7-9-23(10-8-22)39(34,35)32-29-15-18-11-19(16-29)13-20(12-18)17-29/h2-10,14,18-20,32H,11-13,15-17H2,1H3,(H2,30,31,37). The van der Waals surface area contributed by atoms with E-state index in [2.05, 4.69) is 15.4 Å². The molecule has 0 amide bonds. The van der Waals surface area contributed by atoms with Gasteiger partial charge in [0.15, 0.2) is 5.11 Å². The monoisotopic (exact) mass is 581 g/mol. The number of sulfonamides is 1. The number of esters is 1. The average Bonchev–Trinajstić information content (AvgIpc) is 3.31. The van der Waals surface area contributed by atoms with E-state index in [1.165, 1.54) is 37.7 Å². The Bertz CT molecular complexity index is 1460. The van der Waals surface area contributed by atoms with E-state index in [0.29, 0.717) is 34.0 Å². The van der Waals surface area contributed by atoms with Gasteiger partial charge in [0, 0.05) is 16.1 Å². The minimum absolute atomic E-state index is 0.251. The molecule has 4 fully saturated rings. The van der Waals surface area contributed by atoms with Gasteiger partial charge in [-0.15, -0.1) is 11.3 Å². The van der Waals surface area contributed by atoms with Crippen LogP contribution in [-0.2, 0) is 14.8 Å². The van der Waals surface area contributed by atoms with Crippen LogP contribution in [0.5, 0.6) is 0 Å². The smallest absolute Gasteiger partial charge is 0.340 e. The van der Waals surface area contributed by atoms with E-state index < -0.39 is 16.0 Å². The van der Waals surface area contributed by atoms with Gasteiger partial charge in [-0.05, 0) is 104 Å². The van der Waals surface area contributed by atoms with Crippen LogP contribution in [0, 0.1) is 17.8 Å². The van der Waals surface area contributed by atoms with Crippen LogP contribution in [0.1, 0.15) is 48.9 Å². The predicted octanol–water partition coefficient (Wildman–Crippen LogP) is 6.26. The maximum absolute atomic E-state index is 13.3. The first-order valence-electron chi connectivity index (χ1n) is 13.2. The molecule has 3 aromatic rings. The summed E-state index contributed by atoms with van der Waals surface area (Å²) in [6.45, 7) is 0. The first kappa shape index (κ1) is 26.4. The second-order valence-corrected chi connectivity index (χ2v) is 14.3. The number of anilines is 2. The van der Waals surface area contributed by atoms with Gasteiger partial charge < -0.3 is 15.4 Å². The number of ether oxygens (including phenoxy) is 1. The van der Waals surface area contributed by atoms with Crippen molar-refractivity contribution in [2.45, 2.75) is 49.0 Å². The molecule has 0 saturated heterocycles. The Labute approximate surface area is 238 Å². The van der Waals surface area contributed by atoms with Gasteiger partial charge in [-0.3, -0.25) is 0 Å². The molecule has 7 rings (SSSR count). The van der Waals surface area contributed by atoms with E-state index in [-0.39, 0.29) is 15.5 Å². The average molecular weight is 582 g/mol. The molecule has 10 heteroatoms. The lowest BCUT2D eigenvalue weighted by atomic mass is 9.53. The molecule has 0 spiro atoms. The highest BCUT2D eigenvalue weighted by Crippen LogP contribution is 2.56. The molecule has 0 radical (unpaired) electrons. The molecule has 2 aromatic carbocycles. The Hall–Kier alpha value is -2.79. The van der Waals surface area contributed by atoms with Crippen molar-refractivity contribution < 1.29 is 17.9 Å². The van der Waals surface area contributed by atoms with Gasteiger partial charge >= 0.3 is 5.97 Å². The molecule has 39 heavy (non-hydrogen) atoms. The van der Waals surface area contributed by atoms with Gasteiger partial charge in [-0.2, -0.15) is 0 Å². The van der Waals surface area contributed by atoms with Gasteiger partial charge in [-0.1, -0.05) is 30.3 Å². The fourth-order valence-electron chi connectivity index (χ4n) is 7.05. The summed E-state index contributed by atoms with van der Waals surface area (Å²) in [6, 6.07) is 18.2. The maximum atomic E-state index is 13.3. The molecule has 1 aromatic heterocycles. The van der Waals surface area contributed by atoms with E-state index in [1.54, 1.807) is 30.3 Å². The Morgan fingerprint density at radius 1 is 0.949 bits per heavy atom. The molecular formula is C29H31N3O4S3. The lowest BCUT2D eigenvalue weighted by Gasteiger charge is -2.56. The first-order chi connectivity index (χ1) is 18.7. The first-order valence-corrected chi connectivity index (χ1v) is 15.9. The molecule has 4 saturated carbocycles. The number of hydrogen-bond donors (Lipinski definition) is 3. The molecular weight excluding hydrogens is 551 g/mol. The number of thiocarbonyl (C=S) groups is 1. The van der Waals surface area contributed by atoms with Crippen molar-refractivity contribution in [2.24, 2.45) is 17.8 Å². The lowest BCUT2D eigenvalue weighted by molar-refractivity contribution is -0.00810. The summed E-state index contributed by atoms with van der Waals surface area (Å²) < 4.78 is 34.7. The Morgan fingerprint density at radius 3 is 2.15 bits per heavy atom. The predicted molar refractivity (Wildman–Crippen MR) is 159 cm³/mol. The van der Waals surface area contributed by atoms with Gasteiger partial charge in [0.1, 0.15) is 5.00 Å². The van der Waals surface area contributed by atoms with Gasteiger partial charge in [0.05, 0.1) is 17.6 Å². The van der Waals surface area contributed by atoms with Crippen LogP contribution in [-0.4, -0.2) is 32.1 Å². The molecule has 4 aliphatic rings. The van der Waals surface area contributed by atoms with Crippen molar-refractivity contribution >= 4 is 55.3 Å². The van der Waals surface area contributed by atoms with Crippen molar-refractivity contribution in [1.29, 1.82) is 0 Å². The summed E-state index contributed by atoms with van der Waals surface area (Å²) in [5.41, 5.74) is 1.73. The van der Waals surface area contributed by atoms with E-state index in [0.717, 1.165) is 29.7 Å². The number of rotatable bonds is 7. The highest BCUT2D eigenvalue weighted by atomic mass is 32.2.